The molecular weight excluding hydrogens is 973 g/mol. The Balaban J connectivity index is 0.923. The third-order valence-electron chi connectivity index (χ3n) is 21.0. The maximum Gasteiger partial charge on any atom is 0.315 e. The fraction of sp³-hybridized carbons (Fsp3) is 0.943. The highest BCUT2D eigenvalue weighted by atomic mass is 16.8. The van der Waals surface area contributed by atoms with Gasteiger partial charge in [0.05, 0.1) is 37.4 Å². The Morgan fingerprint density at radius 2 is 1.22 bits per heavy atom. The lowest BCUT2D eigenvalue weighted by molar-refractivity contribution is -0.364. The molecule has 0 aromatic carbocycles. The first-order valence-electron chi connectivity index (χ1n) is 27.1. The second-order valence-electron chi connectivity index (χ2n) is 25.8. The Labute approximate surface area is 433 Å². The molecule has 9 rings (SSSR count). The average molecular weight is 1060 g/mol. The number of aliphatic hydroxyl groups excluding tert-OH is 12. The molecule has 0 radical (unpaired) electrons. The summed E-state index contributed by atoms with van der Waals surface area (Å²) in [5.41, 5.74) is -0.885. The van der Waals surface area contributed by atoms with Crippen molar-refractivity contribution in [3.05, 3.63) is 11.6 Å². The van der Waals surface area contributed by atoms with Crippen molar-refractivity contribution in [3.8, 4) is 0 Å². The predicted molar refractivity (Wildman–Crippen MR) is 255 cm³/mol. The molecule has 8 fully saturated rings. The summed E-state index contributed by atoms with van der Waals surface area (Å²) < 4.78 is 48.0. The van der Waals surface area contributed by atoms with E-state index in [2.05, 4.69) is 54.5 Å². The minimum Gasteiger partial charge on any atom is -0.432 e. The molecule has 4 saturated carbocycles. The van der Waals surface area contributed by atoms with Crippen LogP contribution in [0.15, 0.2) is 11.6 Å². The maximum absolute atomic E-state index is 15.1. The van der Waals surface area contributed by atoms with Crippen LogP contribution in [-0.4, -0.2) is 210 Å². The third-order valence-corrected chi connectivity index (χ3v) is 21.0. The quantitative estimate of drug-likeness (QED) is 0.0755. The molecule has 5 aliphatic carbocycles. The molecule has 0 aromatic rings. The lowest BCUT2D eigenvalue weighted by atomic mass is 9.33. The Bertz CT molecular complexity index is 2040. The Kier molecular flexibility index (Phi) is 15.8. The van der Waals surface area contributed by atoms with Crippen LogP contribution in [0.1, 0.15) is 120 Å². The van der Waals surface area contributed by atoms with Crippen LogP contribution in [0.25, 0.3) is 0 Å². The fourth-order valence-corrected chi connectivity index (χ4v) is 16.2. The molecule has 4 aliphatic heterocycles. The van der Waals surface area contributed by atoms with Crippen LogP contribution in [-0.2, 0) is 42.7 Å². The van der Waals surface area contributed by atoms with Crippen molar-refractivity contribution in [1.82, 2.24) is 0 Å². The van der Waals surface area contributed by atoms with Crippen molar-refractivity contribution >= 4 is 5.97 Å². The van der Waals surface area contributed by atoms with E-state index in [0.29, 0.717) is 32.1 Å². The van der Waals surface area contributed by atoms with Crippen LogP contribution in [0, 0.1) is 50.2 Å². The van der Waals surface area contributed by atoms with Crippen LogP contribution in [0.5, 0.6) is 0 Å². The van der Waals surface area contributed by atoms with Gasteiger partial charge in [-0.05, 0) is 116 Å². The van der Waals surface area contributed by atoms with Crippen molar-refractivity contribution in [2.45, 2.75) is 242 Å². The fourth-order valence-electron chi connectivity index (χ4n) is 16.2. The molecule has 27 atom stereocenters. The van der Waals surface area contributed by atoms with E-state index in [0.717, 1.165) is 32.1 Å². The molecule has 424 valence electrons. The number of carbonyl (C=O) groups is 1. The zero-order chi connectivity index (χ0) is 54.0. The predicted octanol–water partition coefficient (Wildman–Crippen LogP) is -0.369. The van der Waals surface area contributed by atoms with Crippen molar-refractivity contribution < 1.29 is 104 Å². The number of ether oxygens (including phenoxy) is 8. The summed E-state index contributed by atoms with van der Waals surface area (Å²) >= 11 is 0. The van der Waals surface area contributed by atoms with E-state index in [9.17, 15) is 61.3 Å². The first kappa shape index (κ1) is 57.1. The second kappa shape index (κ2) is 20.5. The highest BCUT2D eigenvalue weighted by Gasteiger charge is 2.70. The standard InChI is InChI=1S/C53H86O21/c1-23-32(57)35(60)38(63)43(68-23)73-42-33(58)26(56)22-67-46(42)71-31-12-13-50(6)29(49(31,4)5)11-14-52(8)30(50)10-9-24-25-19-48(2,3)15-17-53(25,18-16-51(24,52)7)47(66)74-45-40(65)37(62)41(28(21-55)70-45)72-44-39(64)36(61)34(59)27(20-54)69-44/h9,23,25-46,54-65H,10-22H2,1-8H3/t23-,25+,26-,27+,28+,29+,30+,31-,32-,33-,34+,35+,36-,37+,38+,39+,40+,41+,42+,43-,44-,45-,46-,50-,51+,52+,53-/m0/s1. The average Bonchev–Trinajstić information content (AvgIpc) is 3.35. The van der Waals surface area contributed by atoms with Gasteiger partial charge in [0.1, 0.15) is 85.5 Å². The summed E-state index contributed by atoms with van der Waals surface area (Å²) in [6.45, 7) is 15.9. The van der Waals surface area contributed by atoms with Gasteiger partial charge >= 0.3 is 5.97 Å². The largest absolute Gasteiger partial charge is 0.432 e. The van der Waals surface area contributed by atoms with Gasteiger partial charge in [0.15, 0.2) is 18.9 Å². The van der Waals surface area contributed by atoms with Gasteiger partial charge in [0, 0.05) is 0 Å². The molecule has 74 heavy (non-hydrogen) atoms. The number of aliphatic hydroxyl groups is 12. The number of hydrogen-bond acceptors (Lipinski definition) is 21. The molecular formula is C53H86O21. The first-order chi connectivity index (χ1) is 34.6. The van der Waals surface area contributed by atoms with E-state index in [4.69, 9.17) is 37.9 Å². The number of allylic oxidation sites excluding steroid dienone is 2. The Morgan fingerprint density at radius 1 is 0.608 bits per heavy atom. The van der Waals surface area contributed by atoms with E-state index >= 15 is 4.79 Å². The topological polar surface area (TPSA) is 334 Å². The SMILES string of the molecule is C[C@@H]1O[C@@H](O[C@H]2[C@H](O[C@H]3CC[C@@]4(C)[C@H](CC[C@]5(C)[C@@H]4CC=C4[C@H]6CC(C)(C)CC[C@]6(C(=O)O[C@@H]6O[C@H](CO)[C@@H](O[C@@H]7O[C@H](CO)[C@@H](O)[C@H](O)[C@H]7O)[C@H](O)[C@H]6O)CC[C@]45C)C3(C)C)OC[C@H](O)[C@@H]2O)[C@H](O)[C@H](O)[C@H]1O. The zero-order valence-corrected chi connectivity index (χ0v) is 44.1. The van der Waals surface area contributed by atoms with Gasteiger partial charge in [-0.2, -0.15) is 0 Å². The lowest BCUT2D eigenvalue weighted by Crippen LogP contribution is -2.66. The van der Waals surface area contributed by atoms with Crippen molar-refractivity contribution in [2.75, 3.05) is 19.8 Å². The molecule has 21 heteroatoms. The normalized spacial score (nSPS) is 54.1. The Morgan fingerprint density at radius 3 is 1.89 bits per heavy atom. The number of rotatable bonds is 10. The molecule has 21 nitrogen and oxygen atoms in total. The summed E-state index contributed by atoms with van der Waals surface area (Å²) in [5.74, 6) is -0.319. The third kappa shape index (κ3) is 9.17. The minimum absolute atomic E-state index is 0.114. The summed E-state index contributed by atoms with van der Waals surface area (Å²) in [4.78, 5) is 15.1. The zero-order valence-electron chi connectivity index (χ0n) is 44.1. The van der Waals surface area contributed by atoms with Gasteiger partial charge in [-0.1, -0.05) is 60.1 Å². The molecule has 0 aromatic heterocycles. The van der Waals surface area contributed by atoms with E-state index in [1.54, 1.807) is 0 Å². The molecule has 0 unspecified atom stereocenters. The molecule has 4 saturated heterocycles. The van der Waals surface area contributed by atoms with Crippen LogP contribution >= 0.6 is 0 Å². The van der Waals surface area contributed by atoms with E-state index in [-0.39, 0.29) is 52.1 Å². The molecule has 0 spiro atoms. The second-order valence-corrected chi connectivity index (χ2v) is 25.8. The van der Waals surface area contributed by atoms with E-state index < -0.39 is 147 Å². The van der Waals surface area contributed by atoms with Crippen LogP contribution in [0.3, 0.4) is 0 Å². The van der Waals surface area contributed by atoms with Crippen LogP contribution < -0.4 is 0 Å². The van der Waals surface area contributed by atoms with Crippen molar-refractivity contribution in [2.24, 2.45) is 50.2 Å². The van der Waals surface area contributed by atoms with Crippen molar-refractivity contribution in [1.29, 1.82) is 0 Å². The molecule has 12 N–H and O–H groups in total. The molecule has 4 heterocycles. The number of fused-ring (bicyclic) bond motifs is 7. The highest BCUT2D eigenvalue weighted by molar-refractivity contribution is 5.79. The van der Waals surface area contributed by atoms with Gasteiger partial charge in [-0.25, -0.2) is 0 Å². The highest BCUT2D eigenvalue weighted by Crippen LogP contribution is 2.76. The van der Waals surface area contributed by atoms with Gasteiger partial charge in [-0.3, -0.25) is 4.79 Å². The Hall–Kier alpha value is -1.55. The molecule has 0 amide bonds. The number of esters is 1. The van der Waals surface area contributed by atoms with Gasteiger partial charge in [0.25, 0.3) is 0 Å². The molecule has 9 aliphatic rings. The monoisotopic (exact) mass is 1060 g/mol. The molecule has 0 bridgehead atoms. The summed E-state index contributed by atoms with van der Waals surface area (Å²) in [6.07, 6.45) is -19.4. The maximum atomic E-state index is 15.1. The summed E-state index contributed by atoms with van der Waals surface area (Å²) in [6, 6.07) is 0. The van der Waals surface area contributed by atoms with E-state index in [1.807, 2.05) is 0 Å². The van der Waals surface area contributed by atoms with Gasteiger partial charge in [0.2, 0.25) is 6.29 Å². The van der Waals surface area contributed by atoms with Gasteiger partial charge in [-0.15, -0.1) is 0 Å². The minimum atomic E-state index is -1.86. The number of hydrogen-bond donors (Lipinski definition) is 12. The van der Waals surface area contributed by atoms with E-state index in [1.165, 1.54) is 12.5 Å². The first-order valence-corrected chi connectivity index (χ1v) is 27.1. The summed E-state index contributed by atoms with van der Waals surface area (Å²) in [5, 5.41) is 128. The van der Waals surface area contributed by atoms with Crippen molar-refractivity contribution in [3.63, 3.8) is 0 Å². The number of carbonyl (C=O) groups excluding carboxylic acids is 1. The van der Waals surface area contributed by atoms with Gasteiger partial charge < -0.3 is 99.2 Å². The lowest BCUT2D eigenvalue weighted by Gasteiger charge is -2.71. The van der Waals surface area contributed by atoms with Crippen LogP contribution in [0.2, 0.25) is 0 Å². The summed E-state index contributed by atoms with van der Waals surface area (Å²) in [7, 11) is 0. The van der Waals surface area contributed by atoms with Crippen LogP contribution in [0.4, 0.5) is 0 Å². The smallest absolute Gasteiger partial charge is 0.315 e.